The first-order valence-corrected chi connectivity index (χ1v) is 11.6. The standard InChI is InChI=1S/C22H24N4O2S2/c1-15-11-26(12-16(2)28-15)13-17-14-29-22(24-17)25-20(27)19-9-6-10-23-21(19)30-18-7-4-3-5-8-18/h3-10,14-16H,11-13H2,1-2H3,(H,24,25,27). The summed E-state index contributed by atoms with van der Waals surface area (Å²) in [4.78, 5) is 25.3. The molecule has 0 saturated carbocycles. The topological polar surface area (TPSA) is 67.4 Å². The molecule has 3 aromatic rings. The number of anilines is 1. The number of hydrogen-bond acceptors (Lipinski definition) is 7. The molecule has 1 N–H and O–H groups in total. The maximum Gasteiger partial charge on any atom is 0.260 e. The Morgan fingerprint density at radius 2 is 1.97 bits per heavy atom. The minimum Gasteiger partial charge on any atom is -0.373 e. The summed E-state index contributed by atoms with van der Waals surface area (Å²) in [6.45, 7) is 6.72. The van der Waals surface area contributed by atoms with E-state index in [0.29, 0.717) is 15.7 Å². The number of aromatic nitrogens is 2. The number of benzene rings is 1. The van der Waals surface area contributed by atoms with E-state index in [1.54, 1.807) is 18.3 Å². The van der Waals surface area contributed by atoms with Crippen LogP contribution >= 0.6 is 23.1 Å². The van der Waals surface area contributed by atoms with Gasteiger partial charge in [-0.2, -0.15) is 0 Å². The molecule has 1 aromatic carbocycles. The van der Waals surface area contributed by atoms with Crippen LogP contribution in [0.5, 0.6) is 0 Å². The fourth-order valence-corrected chi connectivity index (χ4v) is 5.09. The van der Waals surface area contributed by atoms with Crippen LogP contribution < -0.4 is 5.32 Å². The zero-order chi connectivity index (χ0) is 20.9. The predicted octanol–water partition coefficient (Wildman–Crippen LogP) is 4.55. The van der Waals surface area contributed by atoms with Crippen molar-refractivity contribution in [2.45, 2.75) is 42.5 Å². The molecule has 0 radical (unpaired) electrons. The van der Waals surface area contributed by atoms with Crippen molar-refractivity contribution in [3.8, 4) is 0 Å². The minimum atomic E-state index is -0.198. The van der Waals surface area contributed by atoms with Crippen molar-refractivity contribution in [3.05, 3.63) is 65.3 Å². The summed E-state index contributed by atoms with van der Waals surface area (Å²) in [5.74, 6) is -0.198. The molecule has 2 atom stereocenters. The summed E-state index contributed by atoms with van der Waals surface area (Å²) in [5.41, 5.74) is 1.50. The van der Waals surface area contributed by atoms with Crippen molar-refractivity contribution in [1.29, 1.82) is 0 Å². The third kappa shape index (κ3) is 5.46. The second-order valence-electron chi connectivity index (χ2n) is 7.32. The van der Waals surface area contributed by atoms with E-state index in [1.165, 1.54) is 23.1 Å². The lowest BCUT2D eigenvalue weighted by atomic mass is 10.2. The van der Waals surface area contributed by atoms with E-state index in [-0.39, 0.29) is 18.1 Å². The smallest absolute Gasteiger partial charge is 0.260 e. The van der Waals surface area contributed by atoms with E-state index in [9.17, 15) is 4.79 Å². The molecule has 0 spiro atoms. The Labute approximate surface area is 184 Å². The van der Waals surface area contributed by atoms with E-state index < -0.39 is 0 Å². The Balaban J connectivity index is 1.41. The van der Waals surface area contributed by atoms with Gasteiger partial charge in [0.2, 0.25) is 0 Å². The lowest BCUT2D eigenvalue weighted by Gasteiger charge is -2.34. The van der Waals surface area contributed by atoms with Crippen LogP contribution in [0.4, 0.5) is 5.13 Å². The van der Waals surface area contributed by atoms with Crippen molar-refractivity contribution in [2.24, 2.45) is 0 Å². The minimum absolute atomic E-state index is 0.198. The van der Waals surface area contributed by atoms with Gasteiger partial charge < -0.3 is 4.74 Å². The highest BCUT2D eigenvalue weighted by Gasteiger charge is 2.23. The highest BCUT2D eigenvalue weighted by Crippen LogP contribution is 2.29. The Morgan fingerprint density at radius 3 is 2.73 bits per heavy atom. The van der Waals surface area contributed by atoms with Gasteiger partial charge in [0, 0.05) is 36.1 Å². The maximum absolute atomic E-state index is 12.9. The molecule has 1 saturated heterocycles. The number of rotatable bonds is 6. The first kappa shape index (κ1) is 21.0. The average Bonchev–Trinajstić information content (AvgIpc) is 3.15. The fourth-order valence-electron chi connectivity index (χ4n) is 3.49. The number of thiazole rings is 1. The van der Waals surface area contributed by atoms with Gasteiger partial charge >= 0.3 is 0 Å². The molecule has 0 aliphatic carbocycles. The highest BCUT2D eigenvalue weighted by molar-refractivity contribution is 7.99. The fraction of sp³-hybridized carbons (Fsp3) is 0.318. The zero-order valence-corrected chi connectivity index (χ0v) is 18.6. The van der Waals surface area contributed by atoms with Gasteiger partial charge in [-0.25, -0.2) is 9.97 Å². The van der Waals surface area contributed by atoms with Gasteiger partial charge in [0.25, 0.3) is 5.91 Å². The van der Waals surface area contributed by atoms with E-state index in [1.807, 2.05) is 35.7 Å². The third-order valence-corrected chi connectivity index (χ3v) is 6.46. The van der Waals surface area contributed by atoms with Crippen LogP contribution in [0.3, 0.4) is 0 Å². The number of carbonyl (C=O) groups is 1. The number of carbonyl (C=O) groups excluding carboxylic acids is 1. The lowest BCUT2D eigenvalue weighted by Crippen LogP contribution is -2.44. The Morgan fingerprint density at radius 1 is 1.20 bits per heavy atom. The second kappa shape index (κ2) is 9.70. The molecular formula is C22H24N4O2S2. The van der Waals surface area contributed by atoms with E-state index in [4.69, 9.17) is 4.74 Å². The van der Waals surface area contributed by atoms with Gasteiger partial charge in [0.1, 0.15) is 5.03 Å². The van der Waals surface area contributed by atoms with Gasteiger partial charge in [-0.3, -0.25) is 15.0 Å². The molecule has 1 amide bonds. The average molecular weight is 441 g/mol. The Kier molecular flexibility index (Phi) is 6.79. The summed E-state index contributed by atoms with van der Waals surface area (Å²) < 4.78 is 5.79. The van der Waals surface area contributed by atoms with Gasteiger partial charge in [-0.05, 0) is 38.1 Å². The number of pyridine rings is 1. The number of morpholine rings is 1. The van der Waals surface area contributed by atoms with E-state index in [2.05, 4.69) is 34.0 Å². The summed E-state index contributed by atoms with van der Waals surface area (Å²) in [6.07, 6.45) is 2.14. The largest absolute Gasteiger partial charge is 0.373 e. The molecule has 1 fully saturated rings. The first-order chi connectivity index (χ1) is 14.6. The number of hydrogen-bond donors (Lipinski definition) is 1. The van der Waals surface area contributed by atoms with Gasteiger partial charge in [-0.15, -0.1) is 11.3 Å². The van der Waals surface area contributed by atoms with E-state index in [0.717, 1.165) is 30.2 Å². The van der Waals surface area contributed by atoms with Crippen molar-refractivity contribution in [3.63, 3.8) is 0 Å². The molecule has 1 aliphatic heterocycles. The molecule has 0 bridgehead atoms. The van der Waals surface area contributed by atoms with Crippen molar-refractivity contribution in [2.75, 3.05) is 18.4 Å². The van der Waals surface area contributed by atoms with Crippen LogP contribution in [0.2, 0.25) is 0 Å². The third-order valence-electron chi connectivity index (χ3n) is 4.63. The molecular weight excluding hydrogens is 416 g/mol. The molecule has 4 rings (SSSR count). The van der Waals surface area contributed by atoms with Crippen molar-refractivity contribution >= 4 is 34.1 Å². The lowest BCUT2D eigenvalue weighted by molar-refractivity contribution is -0.0707. The highest BCUT2D eigenvalue weighted by atomic mass is 32.2. The van der Waals surface area contributed by atoms with Crippen LogP contribution in [0.25, 0.3) is 0 Å². The number of amides is 1. The zero-order valence-electron chi connectivity index (χ0n) is 16.9. The van der Waals surface area contributed by atoms with Crippen LogP contribution in [-0.4, -0.2) is 46.1 Å². The maximum atomic E-state index is 12.9. The van der Waals surface area contributed by atoms with Gasteiger partial charge in [0.05, 0.1) is 23.5 Å². The number of nitrogens with zero attached hydrogens (tertiary/aromatic N) is 3. The first-order valence-electron chi connectivity index (χ1n) is 9.88. The molecule has 1 aliphatic rings. The molecule has 8 heteroatoms. The van der Waals surface area contributed by atoms with Crippen LogP contribution in [-0.2, 0) is 11.3 Å². The SMILES string of the molecule is CC1CN(Cc2csc(NC(=O)c3cccnc3Sc3ccccc3)n2)CC(C)O1. The summed E-state index contributed by atoms with van der Waals surface area (Å²) >= 11 is 2.92. The number of nitrogens with one attached hydrogen (secondary N) is 1. The quantitative estimate of drug-likeness (QED) is 0.607. The second-order valence-corrected chi connectivity index (χ2v) is 9.24. The Bertz CT molecular complexity index is 986. The monoisotopic (exact) mass is 440 g/mol. The van der Waals surface area contributed by atoms with Gasteiger partial charge in [-0.1, -0.05) is 30.0 Å². The summed E-state index contributed by atoms with van der Waals surface area (Å²) in [6, 6.07) is 13.5. The van der Waals surface area contributed by atoms with E-state index >= 15 is 0 Å². The summed E-state index contributed by atoms with van der Waals surface area (Å²) in [5, 5.41) is 6.21. The molecule has 2 aromatic heterocycles. The van der Waals surface area contributed by atoms with Crippen LogP contribution in [0.15, 0.2) is 64.0 Å². The molecule has 156 valence electrons. The van der Waals surface area contributed by atoms with Crippen molar-refractivity contribution in [1.82, 2.24) is 14.9 Å². The normalized spacial score (nSPS) is 19.5. The van der Waals surface area contributed by atoms with Crippen LogP contribution in [0.1, 0.15) is 29.9 Å². The number of ether oxygens (including phenoxy) is 1. The van der Waals surface area contributed by atoms with Crippen LogP contribution in [0, 0.1) is 0 Å². The molecule has 3 heterocycles. The van der Waals surface area contributed by atoms with Crippen molar-refractivity contribution < 1.29 is 9.53 Å². The summed E-state index contributed by atoms with van der Waals surface area (Å²) in [7, 11) is 0. The molecule has 2 unspecified atom stereocenters. The van der Waals surface area contributed by atoms with Gasteiger partial charge in [0.15, 0.2) is 5.13 Å². The molecule has 30 heavy (non-hydrogen) atoms. The predicted molar refractivity (Wildman–Crippen MR) is 120 cm³/mol. The molecule has 6 nitrogen and oxygen atoms in total. The Hall–Kier alpha value is -2.26.